The van der Waals surface area contributed by atoms with Gasteiger partial charge in [0.2, 0.25) is 0 Å². The van der Waals surface area contributed by atoms with Crippen molar-refractivity contribution in [1.29, 1.82) is 0 Å². The highest BCUT2D eigenvalue weighted by Gasteiger charge is 2.37. The van der Waals surface area contributed by atoms with Crippen LogP contribution >= 0.6 is 0 Å². The maximum absolute atomic E-state index is 11.5. The molecule has 1 rings (SSSR count). The number of nitrogens with two attached hydrogens (primary N) is 1. The number of ether oxygens (including phenoxy) is 1. The molecule has 0 bridgehead atoms. The van der Waals surface area contributed by atoms with Gasteiger partial charge in [0.15, 0.2) is 0 Å². The zero-order chi connectivity index (χ0) is 11.4. The Balaban J connectivity index is 2.58. The summed E-state index contributed by atoms with van der Waals surface area (Å²) in [4.78, 5) is 13.8. The van der Waals surface area contributed by atoms with Gasteiger partial charge in [0, 0.05) is 25.7 Å². The second kappa shape index (κ2) is 5.47. The molecule has 0 radical (unpaired) electrons. The van der Waals surface area contributed by atoms with Gasteiger partial charge >= 0.3 is 5.97 Å². The minimum Gasteiger partial charge on any atom is -0.469 e. The quantitative estimate of drug-likeness (QED) is 0.691. The predicted molar refractivity (Wildman–Crippen MR) is 59.4 cm³/mol. The van der Waals surface area contributed by atoms with Gasteiger partial charge in [-0.1, -0.05) is 13.8 Å². The van der Waals surface area contributed by atoms with Crippen LogP contribution in [-0.4, -0.2) is 43.7 Å². The molecule has 0 aromatic carbocycles. The van der Waals surface area contributed by atoms with E-state index in [0.717, 1.165) is 19.5 Å². The van der Waals surface area contributed by atoms with Crippen molar-refractivity contribution in [2.24, 2.45) is 17.6 Å². The Kier molecular flexibility index (Phi) is 4.54. The molecule has 1 aliphatic rings. The first-order valence-corrected chi connectivity index (χ1v) is 5.65. The molecule has 0 aromatic rings. The van der Waals surface area contributed by atoms with Gasteiger partial charge in [-0.25, -0.2) is 0 Å². The third-order valence-corrected chi connectivity index (χ3v) is 3.40. The lowest BCUT2D eigenvalue weighted by molar-refractivity contribution is -0.146. The molecule has 4 nitrogen and oxygen atoms in total. The van der Waals surface area contributed by atoms with Crippen LogP contribution in [0.2, 0.25) is 0 Å². The monoisotopic (exact) mass is 214 g/mol. The van der Waals surface area contributed by atoms with E-state index in [2.05, 4.69) is 18.7 Å². The molecule has 0 spiro atoms. The average molecular weight is 214 g/mol. The predicted octanol–water partition coefficient (Wildman–Crippen LogP) is 0.465. The Hall–Kier alpha value is -0.610. The molecule has 3 unspecified atom stereocenters. The molecule has 1 saturated heterocycles. The van der Waals surface area contributed by atoms with Gasteiger partial charge in [-0.3, -0.25) is 9.69 Å². The summed E-state index contributed by atoms with van der Waals surface area (Å²) in [6.07, 6.45) is 1.04. The number of carbonyl (C=O) groups excluding carboxylic acids is 1. The van der Waals surface area contributed by atoms with E-state index in [1.807, 2.05) is 0 Å². The lowest BCUT2D eigenvalue weighted by Crippen LogP contribution is -2.39. The van der Waals surface area contributed by atoms with Crippen molar-refractivity contribution in [3.63, 3.8) is 0 Å². The van der Waals surface area contributed by atoms with E-state index in [-0.39, 0.29) is 11.9 Å². The SMILES string of the molecule is CCC(CN)N1CC(C)C(C(=O)OC)C1. The Morgan fingerprint density at radius 3 is 2.73 bits per heavy atom. The minimum absolute atomic E-state index is 0.0237. The molecule has 0 aliphatic carbocycles. The molecule has 2 N–H and O–H groups in total. The molecule has 1 fully saturated rings. The van der Waals surface area contributed by atoms with E-state index < -0.39 is 0 Å². The Morgan fingerprint density at radius 2 is 2.27 bits per heavy atom. The third kappa shape index (κ3) is 2.69. The Bertz CT molecular complexity index is 217. The zero-order valence-electron chi connectivity index (χ0n) is 9.90. The van der Waals surface area contributed by atoms with Crippen molar-refractivity contribution >= 4 is 5.97 Å². The Morgan fingerprint density at radius 1 is 1.60 bits per heavy atom. The maximum Gasteiger partial charge on any atom is 0.310 e. The summed E-state index contributed by atoms with van der Waals surface area (Å²) in [6, 6.07) is 0.405. The summed E-state index contributed by atoms with van der Waals surface area (Å²) in [5, 5.41) is 0. The fraction of sp³-hybridized carbons (Fsp3) is 0.909. The topological polar surface area (TPSA) is 55.6 Å². The molecular formula is C11H22N2O2. The number of likely N-dealkylation sites (tertiary alicyclic amines) is 1. The van der Waals surface area contributed by atoms with Crippen molar-refractivity contribution < 1.29 is 9.53 Å². The highest BCUT2D eigenvalue weighted by molar-refractivity contribution is 5.73. The summed E-state index contributed by atoms with van der Waals surface area (Å²) in [6.45, 7) is 6.65. The van der Waals surface area contributed by atoms with E-state index in [1.54, 1.807) is 0 Å². The van der Waals surface area contributed by atoms with Crippen molar-refractivity contribution in [2.75, 3.05) is 26.7 Å². The van der Waals surface area contributed by atoms with Crippen LogP contribution in [0.3, 0.4) is 0 Å². The van der Waals surface area contributed by atoms with Gasteiger partial charge in [0.1, 0.15) is 0 Å². The summed E-state index contributed by atoms with van der Waals surface area (Å²) < 4.78 is 4.80. The lowest BCUT2D eigenvalue weighted by Gasteiger charge is -2.25. The highest BCUT2D eigenvalue weighted by atomic mass is 16.5. The summed E-state index contributed by atoms with van der Waals surface area (Å²) in [5.41, 5.74) is 5.70. The highest BCUT2D eigenvalue weighted by Crippen LogP contribution is 2.26. The van der Waals surface area contributed by atoms with Crippen LogP contribution < -0.4 is 5.73 Å². The molecule has 3 atom stereocenters. The van der Waals surface area contributed by atoms with E-state index in [0.29, 0.717) is 18.5 Å². The first-order valence-electron chi connectivity index (χ1n) is 5.65. The molecule has 0 aromatic heterocycles. The largest absolute Gasteiger partial charge is 0.469 e. The van der Waals surface area contributed by atoms with Crippen LogP contribution in [0, 0.1) is 11.8 Å². The van der Waals surface area contributed by atoms with Crippen LogP contribution in [0.25, 0.3) is 0 Å². The van der Waals surface area contributed by atoms with Crippen LogP contribution in [0.5, 0.6) is 0 Å². The van der Waals surface area contributed by atoms with Crippen molar-refractivity contribution in [3.05, 3.63) is 0 Å². The summed E-state index contributed by atoms with van der Waals surface area (Å²) >= 11 is 0. The fourth-order valence-electron chi connectivity index (χ4n) is 2.33. The molecule has 0 amide bonds. The van der Waals surface area contributed by atoms with Crippen LogP contribution in [0.15, 0.2) is 0 Å². The number of esters is 1. The van der Waals surface area contributed by atoms with Crippen LogP contribution in [0.4, 0.5) is 0 Å². The van der Waals surface area contributed by atoms with E-state index in [9.17, 15) is 4.79 Å². The number of methoxy groups -OCH3 is 1. The molecular weight excluding hydrogens is 192 g/mol. The van der Waals surface area contributed by atoms with Crippen LogP contribution in [-0.2, 0) is 9.53 Å². The normalized spacial score (nSPS) is 29.1. The third-order valence-electron chi connectivity index (χ3n) is 3.40. The minimum atomic E-state index is -0.0862. The maximum atomic E-state index is 11.5. The fourth-order valence-corrected chi connectivity index (χ4v) is 2.33. The van der Waals surface area contributed by atoms with Gasteiger partial charge in [0.05, 0.1) is 13.0 Å². The van der Waals surface area contributed by atoms with Gasteiger partial charge in [-0.2, -0.15) is 0 Å². The van der Waals surface area contributed by atoms with Gasteiger partial charge < -0.3 is 10.5 Å². The van der Waals surface area contributed by atoms with Gasteiger partial charge in [-0.15, -0.1) is 0 Å². The number of nitrogens with zero attached hydrogens (tertiary/aromatic N) is 1. The standard InChI is InChI=1S/C11H22N2O2/c1-4-9(5-12)13-6-8(2)10(7-13)11(14)15-3/h8-10H,4-7,12H2,1-3H3. The molecule has 1 aliphatic heterocycles. The van der Waals surface area contributed by atoms with Crippen molar-refractivity contribution in [2.45, 2.75) is 26.3 Å². The first-order chi connectivity index (χ1) is 7.13. The molecule has 15 heavy (non-hydrogen) atoms. The molecule has 4 heteroatoms. The van der Waals surface area contributed by atoms with Gasteiger partial charge in [-0.05, 0) is 12.3 Å². The lowest BCUT2D eigenvalue weighted by atomic mass is 9.99. The molecule has 88 valence electrons. The zero-order valence-corrected chi connectivity index (χ0v) is 9.90. The first kappa shape index (κ1) is 12.5. The number of rotatable bonds is 4. The van der Waals surface area contributed by atoms with E-state index in [1.165, 1.54) is 7.11 Å². The van der Waals surface area contributed by atoms with Crippen molar-refractivity contribution in [1.82, 2.24) is 4.90 Å². The average Bonchev–Trinajstić information content (AvgIpc) is 2.61. The van der Waals surface area contributed by atoms with E-state index >= 15 is 0 Å². The number of carbonyl (C=O) groups is 1. The second-order valence-electron chi connectivity index (χ2n) is 4.36. The Labute approximate surface area is 91.8 Å². The molecule has 0 saturated carbocycles. The van der Waals surface area contributed by atoms with E-state index in [4.69, 9.17) is 10.5 Å². The second-order valence-corrected chi connectivity index (χ2v) is 4.36. The van der Waals surface area contributed by atoms with Crippen molar-refractivity contribution in [3.8, 4) is 0 Å². The van der Waals surface area contributed by atoms with Gasteiger partial charge in [0.25, 0.3) is 0 Å². The van der Waals surface area contributed by atoms with Crippen LogP contribution in [0.1, 0.15) is 20.3 Å². The smallest absolute Gasteiger partial charge is 0.310 e. The molecule has 1 heterocycles. The summed E-state index contributed by atoms with van der Waals surface area (Å²) in [7, 11) is 1.46. The number of hydrogen-bond acceptors (Lipinski definition) is 4. The number of hydrogen-bond donors (Lipinski definition) is 1. The summed E-state index contributed by atoms with van der Waals surface area (Å²) in [5.74, 6) is 0.311.